The minimum absolute atomic E-state index is 0.0497. The fraction of sp³-hybridized carbons (Fsp3) is 0.308. The molecule has 2 N–H and O–H groups in total. The summed E-state index contributed by atoms with van der Waals surface area (Å²) in [5.74, 6) is 0. The van der Waals surface area contributed by atoms with Gasteiger partial charge in [-0.3, -0.25) is 0 Å². The monoisotopic (exact) mass is 328 g/mol. The van der Waals surface area contributed by atoms with Crippen LogP contribution in [0, 0.1) is 13.8 Å². The Morgan fingerprint density at radius 1 is 1.29 bits per heavy atom. The SMILES string of the molecule is Cc1nn(-c2cccc(S(=O)(=O)N(C)C)c2N)c(C)c1Cl. The molecule has 1 aromatic heterocycles. The average Bonchev–Trinajstić information content (AvgIpc) is 2.66. The molecule has 0 saturated heterocycles. The number of nitrogens with zero attached hydrogens (tertiary/aromatic N) is 3. The number of aromatic nitrogens is 2. The number of nitrogens with two attached hydrogens (primary N) is 1. The maximum absolute atomic E-state index is 12.3. The molecule has 0 amide bonds. The van der Waals surface area contributed by atoms with Crippen LogP contribution in [0.15, 0.2) is 23.1 Å². The van der Waals surface area contributed by atoms with Gasteiger partial charge >= 0.3 is 0 Å². The highest BCUT2D eigenvalue weighted by Crippen LogP contribution is 2.30. The molecule has 0 fully saturated rings. The van der Waals surface area contributed by atoms with Gasteiger partial charge < -0.3 is 5.73 Å². The lowest BCUT2D eigenvalue weighted by atomic mass is 10.2. The van der Waals surface area contributed by atoms with Gasteiger partial charge in [0.15, 0.2) is 0 Å². The summed E-state index contributed by atoms with van der Waals surface area (Å²) >= 11 is 6.13. The third-order valence-corrected chi connectivity index (χ3v) is 5.65. The number of sulfonamides is 1. The molecule has 21 heavy (non-hydrogen) atoms. The summed E-state index contributed by atoms with van der Waals surface area (Å²) in [4.78, 5) is 0.0497. The van der Waals surface area contributed by atoms with Crippen LogP contribution in [-0.4, -0.2) is 36.6 Å². The first-order valence-corrected chi connectivity index (χ1v) is 8.02. The molecule has 2 rings (SSSR count). The van der Waals surface area contributed by atoms with Crippen molar-refractivity contribution in [3.8, 4) is 5.69 Å². The molecular weight excluding hydrogens is 312 g/mol. The lowest BCUT2D eigenvalue weighted by Gasteiger charge is -2.16. The largest absolute Gasteiger partial charge is 0.396 e. The van der Waals surface area contributed by atoms with Crippen LogP contribution in [-0.2, 0) is 10.0 Å². The molecule has 0 saturated carbocycles. The van der Waals surface area contributed by atoms with Crippen molar-refractivity contribution in [2.75, 3.05) is 19.8 Å². The third-order valence-electron chi connectivity index (χ3n) is 3.23. The molecule has 0 bridgehead atoms. The highest BCUT2D eigenvalue weighted by molar-refractivity contribution is 7.89. The van der Waals surface area contributed by atoms with Crippen LogP contribution in [0.4, 0.5) is 5.69 Å². The van der Waals surface area contributed by atoms with E-state index in [0.29, 0.717) is 22.1 Å². The molecule has 1 heterocycles. The maximum atomic E-state index is 12.3. The molecule has 0 atom stereocenters. The van der Waals surface area contributed by atoms with Crippen molar-refractivity contribution in [3.63, 3.8) is 0 Å². The number of anilines is 1. The van der Waals surface area contributed by atoms with Gasteiger partial charge in [-0.05, 0) is 26.0 Å². The van der Waals surface area contributed by atoms with Crippen LogP contribution >= 0.6 is 11.6 Å². The van der Waals surface area contributed by atoms with Crippen molar-refractivity contribution < 1.29 is 8.42 Å². The van der Waals surface area contributed by atoms with Crippen LogP contribution < -0.4 is 5.73 Å². The van der Waals surface area contributed by atoms with Gasteiger partial charge in [0.25, 0.3) is 0 Å². The minimum atomic E-state index is -3.62. The third kappa shape index (κ3) is 2.52. The van der Waals surface area contributed by atoms with Crippen molar-refractivity contribution in [2.45, 2.75) is 18.7 Å². The molecule has 0 radical (unpaired) electrons. The van der Waals surface area contributed by atoms with Crippen LogP contribution in [0.3, 0.4) is 0 Å². The predicted octanol–water partition coefficient (Wildman–Crippen LogP) is 1.98. The van der Waals surface area contributed by atoms with E-state index in [9.17, 15) is 8.42 Å². The number of hydrogen-bond donors (Lipinski definition) is 1. The second-order valence-electron chi connectivity index (χ2n) is 4.87. The molecule has 0 aliphatic rings. The van der Waals surface area contributed by atoms with E-state index < -0.39 is 10.0 Å². The van der Waals surface area contributed by atoms with Gasteiger partial charge in [-0.1, -0.05) is 17.7 Å². The van der Waals surface area contributed by atoms with Gasteiger partial charge in [0.1, 0.15) is 4.90 Å². The Morgan fingerprint density at radius 2 is 1.90 bits per heavy atom. The summed E-state index contributed by atoms with van der Waals surface area (Å²) in [6.07, 6.45) is 0. The Balaban J connectivity index is 2.71. The number of rotatable bonds is 3. The van der Waals surface area contributed by atoms with Crippen molar-refractivity contribution in [1.82, 2.24) is 14.1 Å². The second kappa shape index (κ2) is 5.32. The van der Waals surface area contributed by atoms with Gasteiger partial charge in [-0.25, -0.2) is 17.4 Å². The van der Waals surface area contributed by atoms with Crippen LogP contribution in [0.25, 0.3) is 5.69 Å². The average molecular weight is 329 g/mol. The van der Waals surface area contributed by atoms with Crippen molar-refractivity contribution >= 4 is 27.3 Å². The number of benzene rings is 1. The van der Waals surface area contributed by atoms with Crippen molar-refractivity contribution in [1.29, 1.82) is 0 Å². The molecule has 2 aromatic rings. The standard InChI is InChI=1S/C13H17ClN4O2S/c1-8-12(14)9(2)18(16-8)10-6-5-7-11(13(10)15)21(19,20)17(3)4/h5-7H,15H2,1-4H3. The molecule has 8 heteroatoms. The fourth-order valence-electron chi connectivity index (χ4n) is 2.00. The molecule has 0 aliphatic carbocycles. The maximum Gasteiger partial charge on any atom is 0.244 e. The van der Waals surface area contributed by atoms with Crippen LogP contribution in [0.5, 0.6) is 0 Å². The van der Waals surface area contributed by atoms with E-state index in [1.165, 1.54) is 20.2 Å². The van der Waals surface area contributed by atoms with E-state index >= 15 is 0 Å². The van der Waals surface area contributed by atoms with E-state index in [0.717, 1.165) is 4.31 Å². The van der Waals surface area contributed by atoms with Crippen LogP contribution in [0.1, 0.15) is 11.4 Å². The highest BCUT2D eigenvalue weighted by Gasteiger charge is 2.23. The first kappa shape index (κ1) is 15.8. The lowest BCUT2D eigenvalue weighted by Crippen LogP contribution is -2.23. The molecule has 6 nitrogen and oxygen atoms in total. The van der Waals surface area contributed by atoms with E-state index in [1.807, 2.05) is 0 Å². The first-order chi connectivity index (χ1) is 9.67. The smallest absolute Gasteiger partial charge is 0.244 e. The molecule has 0 aliphatic heterocycles. The van der Waals surface area contributed by atoms with Gasteiger partial charge in [-0.2, -0.15) is 5.10 Å². The summed E-state index contributed by atoms with van der Waals surface area (Å²) in [6, 6.07) is 4.81. The van der Waals surface area contributed by atoms with Gasteiger partial charge in [-0.15, -0.1) is 0 Å². The number of hydrogen-bond acceptors (Lipinski definition) is 4. The van der Waals surface area contributed by atoms with Crippen LogP contribution in [0.2, 0.25) is 5.02 Å². The van der Waals surface area contributed by atoms with E-state index in [-0.39, 0.29) is 10.6 Å². The summed E-state index contributed by atoms with van der Waals surface area (Å²) < 4.78 is 27.2. The zero-order valence-electron chi connectivity index (χ0n) is 12.3. The zero-order valence-corrected chi connectivity index (χ0v) is 13.8. The highest BCUT2D eigenvalue weighted by atomic mass is 35.5. The summed E-state index contributed by atoms with van der Waals surface area (Å²) in [7, 11) is -0.700. The van der Waals surface area contributed by atoms with Gasteiger partial charge in [0.2, 0.25) is 10.0 Å². The first-order valence-electron chi connectivity index (χ1n) is 6.21. The predicted molar refractivity (Wildman–Crippen MR) is 83.3 cm³/mol. The Labute approximate surface area is 129 Å². The summed E-state index contributed by atoms with van der Waals surface area (Å²) in [5, 5.41) is 4.84. The van der Waals surface area contributed by atoms with E-state index in [4.69, 9.17) is 17.3 Å². The zero-order chi connectivity index (χ0) is 15.9. The number of nitrogen functional groups attached to an aromatic ring is 1. The molecule has 1 aromatic carbocycles. The molecule has 0 unspecified atom stereocenters. The van der Waals surface area contributed by atoms with Gasteiger partial charge in [0, 0.05) is 14.1 Å². The van der Waals surface area contributed by atoms with E-state index in [2.05, 4.69) is 5.10 Å². The molecule has 0 spiro atoms. The fourth-order valence-corrected chi connectivity index (χ4v) is 3.14. The topological polar surface area (TPSA) is 81.2 Å². The van der Waals surface area contributed by atoms with Crippen molar-refractivity contribution in [2.24, 2.45) is 0 Å². The number of halogens is 1. The molecular formula is C13H17ClN4O2S. The Bertz CT molecular complexity index is 797. The normalized spacial score (nSPS) is 12.1. The quantitative estimate of drug-likeness (QED) is 0.873. The lowest BCUT2D eigenvalue weighted by molar-refractivity contribution is 0.521. The summed E-state index contributed by atoms with van der Waals surface area (Å²) in [6.45, 7) is 3.58. The Hall–Kier alpha value is -1.57. The minimum Gasteiger partial charge on any atom is -0.396 e. The van der Waals surface area contributed by atoms with Gasteiger partial charge in [0.05, 0.1) is 27.8 Å². The van der Waals surface area contributed by atoms with E-state index in [1.54, 1.807) is 30.7 Å². The Kier molecular flexibility index (Phi) is 4.01. The Morgan fingerprint density at radius 3 is 2.38 bits per heavy atom. The number of para-hydroxylation sites is 1. The molecule has 114 valence electrons. The second-order valence-corrected chi connectivity index (χ2v) is 7.37. The number of aryl methyl sites for hydroxylation is 1. The van der Waals surface area contributed by atoms with Crippen molar-refractivity contribution in [3.05, 3.63) is 34.6 Å². The summed E-state index contributed by atoms with van der Waals surface area (Å²) in [5.41, 5.74) is 8.07.